The van der Waals surface area contributed by atoms with Gasteiger partial charge in [0.1, 0.15) is 12.2 Å². The molecule has 0 radical (unpaired) electrons. The molecule has 0 spiro atoms. The summed E-state index contributed by atoms with van der Waals surface area (Å²) < 4.78 is 0. The zero-order valence-electron chi connectivity index (χ0n) is 8.84. The van der Waals surface area contributed by atoms with Gasteiger partial charge in [0.15, 0.2) is 0 Å². The highest BCUT2D eigenvalue weighted by molar-refractivity contribution is 7.09. The first-order valence-electron chi connectivity index (χ1n) is 4.58. The van der Waals surface area contributed by atoms with E-state index < -0.39 is 5.97 Å². The quantitative estimate of drug-likeness (QED) is 0.784. The number of thiazole rings is 1. The van der Waals surface area contributed by atoms with E-state index in [0.717, 1.165) is 5.01 Å². The Labute approximate surface area is 97.0 Å². The number of carbonyl (C=O) groups excluding carboxylic acids is 1. The summed E-state index contributed by atoms with van der Waals surface area (Å²) in [5, 5.41) is 11.1. The molecule has 1 aromatic rings. The van der Waals surface area contributed by atoms with Crippen LogP contribution in [0.15, 0.2) is 18.0 Å². The van der Waals surface area contributed by atoms with Gasteiger partial charge >= 0.3 is 5.97 Å². The summed E-state index contributed by atoms with van der Waals surface area (Å²) in [7, 11) is 0. The number of aryl methyl sites for hydroxylation is 1. The highest BCUT2D eigenvalue weighted by Gasteiger charge is 2.19. The van der Waals surface area contributed by atoms with Crippen LogP contribution in [0.5, 0.6) is 0 Å². The number of aliphatic carboxylic acids is 1. The van der Waals surface area contributed by atoms with Gasteiger partial charge in [0.25, 0.3) is 5.91 Å². The zero-order chi connectivity index (χ0) is 12.1. The Morgan fingerprint density at radius 1 is 1.69 bits per heavy atom. The molecule has 0 bridgehead atoms. The van der Waals surface area contributed by atoms with Crippen molar-refractivity contribution < 1.29 is 14.7 Å². The van der Waals surface area contributed by atoms with Crippen LogP contribution in [0.3, 0.4) is 0 Å². The molecular formula is C10H12N2O3S. The fourth-order valence-corrected chi connectivity index (χ4v) is 1.75. The first-order valence-corrected chi connectivity index (χ1v) is 5.46. The van der Waals surface area contributed by atoms with Crippen LogP contribution >= 0.6 is 11.3 Å². The highest BCUT2D eigenvalue weighted by Crippen LogP contribution is 2.10. The molecular weight excluding hydrogens is 228 g/mol. The molecule has 86 valence electrons. The Morgan fingerprint density at radius 2 is 2.38 bits per heavy atom. The normalized spacial score (nSPS) is 9.81. The smallest absolute Gasteiger partial charge is 0.323 e. The van der Waals surface area contributed by atoms with Crippen LogP contribution in [0, 0.1) is 6.92 Å². The van der Waals surface area contributed by atoms with Crippen LogP contribution in [0.4, 0.5) is 0 Å². The topological polar surface area (TPSA) is 70.5 Å². The van der Waals surface area contributed by atoms with Crippen LogP contribution in [0.1, 0.15) is 15.5 Å². The number of carbonyl (C=O) groups is 2. The van der Waals surface area contributed by atoms with E-state index in [0.29, 0.717) is 0 Å². The molecule has 0 unspecified atom stereocenters. The van der Waals surface area contributed by atoms with Crippen LogP contribution < -0.4 is 0 Å². The van der Waals surface area contributed by atoms with Gasteiger partial charge in [0.2, 0.25) is 0 Å². The molecule has 0 aliphatic heterocycles. The van der Waals surface area contributed by atoms with Gasteiger partial charge in [-0.2, -0.15) is 0 Å². The molecule has 0 atom stereocenters. The van der Waals surface area contributed by atoms with E-state index >= 15 is 0 Å². The molecule has 1 N–H and O–H groups in total. The summed E-state index contributed by atoms with van der Waals surface area (Å²) in [5.74, 6) is -1.44. The summed E-state index contributed by atoms with van der Waals surface area (Å²) in [6.07, 6.45) is 1.49. The second kappa shape index (κ2) is 5.41. The average Bonchev–Trinajstić information content (AvgIpc) is 2.62. The first kappa shape index (κ1) is 12.4. The fraction of sp³-hybridized carbons (Fsp3) is 0.300. The van der Waals surface area contributed by atoms with E-state index in [1.807, 2.05) is 0 Å². The lowest BCUT2D eigenvalue weighted by Gasteiger charge is -2.17. The van der Waals surface area contributed by atoms with E-state index in [1.54, 1.807) is 12.3 Å². The SMILES string of the molecule is C=CCN(CC(=O)O)C(=O)c1csc(C)n1. The Hall–Kier alpha value is -1.69. The van der Waals surface area contributed by atoms with Gasteiger partial charge in [-0.25, -0.2) is 4.98 Å². The molecule has 1 rings (SSSR count). The molecule has 1 amide bonds. The Bertz CT molecular complexity index is 414. The van der Waals surface area contributed by atoms with Gasteiger partial charge in [-0.3, -0.25) is 9.59 Å². The minimum absolute atomic E-state index is 0.196. The monoisotopic (exact) mass is 240 g/mol. The number of nitrogens with zero attached hydrogens (tertiary/aromatic N) is 2. The number of amides is 1. The van der Waals surface area contributed by atoms with Crippen molar-refractivity contribution in [1.82, 2.24) is 9.88 Å². The number of aromatic nitrogens is 1. The minimum atomic E-state index is -1.05. The van der Waals surface area contributed by atoms with Crippen LogP contribution in [-0.4, -0.2) is 40.0 Å². The van der Waals surface area contributed by atoms with Crippen molar-refractivity contribution in [1.29, 1.82) is 0 Å². The van der Waals surface area contributed by atoms with E-state index in [1.165, 1.54) is 22.3 Å². The molecule has 1 heterocycles. The predicted molar refractivity (Wildman–Crippen MR) is 60.6 cm³/mol. The van der Waals surface area contributed by atoms with Gasteiger partial charge in [-0.1, -0.05) is 6.08 Å². The third-order valence-electron chi connectivity index (χ3n) is 1.80. The summed E-state index contributed by atoms with van der Waals surface area (Å²) >= 11 is 1.36. The molecule has 1 aromatic heterocycles. The van der Waals surface area contributed by atoms with Crippen LogP contribution in [0.25, 0.3) is 0 Å². The van der Waals surface area contributed by atoms with E-state index in [2.05, 4.69) is 11.6 Å². The van der Waals surface area contributed by atoms with Gasteiger partial charge in [-0.15, -0.1) is 17.9 Å². The minimum Gasteiger partial charge on any atom is -0.480 e. The second-order valence-electron chi connectivity index (χ2n) is 3.12. The lowest BCUT2D eigenvalue weighted by molar-refractivity contribution is -0.137. The van der Waals surface area contributed by atoms with E-state index in [9.17, 15) is 9.59 Å². The van der Waals surface area contributed by atoms with Gasteiger partial charge in [0.05, 0.1) is 5.01 Å². The lowest BCUT2D eigenvalue weighted by atomic mass is 10.3. The number of carboxylic acid groups (broad SMARTS) is 1. The standard InChI is InChI=1S/C10H12N2O3S/c1-3-4-12(5-9(13)14)10(15)8-6-16-7(2)11-8/h3,6H,1,4-5H2,2H3,(H,13,14). The number of hydrogen-bond donors (Lipinski definition) is 1. The molecule has 0 aliphatic carbocycles. The van der Waals surface area contributed by atoms with E-state index in [4.69, 9.17) is 5.11 Å². The van der Waals surface area contributed by atoms with Gasteiger partial charge < -0.3 is 10.0 Å². The molecule has 16 heavy (non-hydrogen) atoms. The average molecular weight is 240 g/mol. The second-order valence-corrected chi connectivity index (χ2v) is 4.18. The number of rotatable bonds is 5. The number of hydrogen-bond acceptors (Lipinski definition) is 4. The molecule has 0 saturated heterocycles. The molecule has 0 aliphatic rings. The highest BCUT2D eigenvalue weighted by atomic mass is 32.1. The summed E-state index contributed by atoms with van der Waals surface area (Å²) in [6, 6.07) is 0. The zero-order valence-corrected chi connectivity index (χ0v) is 9.66. The van der Waals surface area contributed by atoms with Crippen LogP contribution in [-0.2, 0) is 4.79 Å². The van der Waals surface area contributed by atoms with Crippen molar-refractivity contribution in [2.45, 2.75) is 6.92 Å². The van der Waals surface area contributed by atoms with Crippen molar-refractivity contribution in [2.75, 3.05) is 13.1 Å². The van der Waals surface area contributed by atoms with Crippen LogP contribution in [0.2, 0.25) is 0 Å². The van der Waals surface area contributed by atoms with Crippen molar-refractivity contribution in [3.8, 4) is 0 Å². The Balaban J connectivity index is 2.81. The van der Waals surface area contributed by atoms with Crippen molar-refractivity contribution in [2.24, 2.45) is 0 Å². The maximum atomic E-state index is 11.8. The van der Waals surface area contributed by atoms with Gasteiger partial charge in [-0.05, 0) is 6.92 Å². The first-order chi connectivity index (χ1) is 7.54. The number of carboxylic acids is 1. The van der Waals surface area contributed by atoms with Crippen molar-refractivity contribution >= 4 is 23.2 Å². The molecule has 0 aromatic carbocycles. The van der Waals surface area contributed by atoms with Crippen molar-refractivity contribution in [3.05, 3.63) is 28.7 Å². The van der Waals surface area contributed by atoms with Gasteiger partial charge in [0, 0.05) is 11.9 Å². The maximum absolute atomic E-state index is 11.8. The largest absolute Gasteiger partial charge is 0.480 e. The summed E-state index contributed by atoms with van der Waals surface area (Å²) in [6.45, 7) is 5.12. The van der Waals surface area contributed by atoms with E-state index in [-0.39, 0.29) is 24.7 Å². The third-order valence-corrected chi connectivity index (χ3v) is 2.57. The fourth-order valence-electron chi connectivity index (χ4n) is 1.16. The summed E-state index contributed by atoms with van der Waals surface area (Å²) in [4.78, 5) is 27.6. The maximum Gasteiger partial charge on any atom is 0.323 e. The summed E-state index contributed by atoms with van der Waals surface area (Å²) in [5.41, 5.74) is 0.283. The Kier molecular flexibility index (Phi) is 4.19. The van der Waals surface area contributed by atoms with Crippen molar-refractivity contribution in [3.63, 3.8) is 0 Å². The Morgan fingerprint density at radius 3 is 2.81 bits per heavy atom. The molecule has 0 saturated carbocycles. The molecule has 5 nitrogen and oxygen atoms in total. The molecule has 6 heteroatoms. The third kappa shape index (κ3) is 3.16. The predicted octanol–water partition coefficient (Wildman–Crippen LogP) is 1.16. The molecule has 0 fully saturated rings. The lowest BCUT2D eigenvalue weighted by Crippen LogP contribution is -2.35.